The number of non-ortho nitro benzene ring substituents is 1. The number of benzene rings is 2. The van der Waals surface area contributed by atoms with Crippen LogP contribution in [0.25, 0.3) is 0 Å². The van der Waals surface area contributed by atoms with Crippen molar-refractivity contribution in [3.8, 4) is 0 Å². The summed E-state index contributed by atoms with van der Waals surface area (Å²) in [6, 6.07) is 10.5. The fraction of sp³-hybridized carbons (Fsp3) is 0.381. The number of nitro groups is 1. The summed E-state index contributed by atoms with van der Waals surface area (Å²) >= 11 is 0. The highest BCUT2D eigenvalue weighted by atomic mass is 32.2. The van der Waals surface area contributed by atoms with E-state index in [1.54, 1.807) is 25.1 Å². The third kappa shape index (κ3) is 5.09. The molecule has 1 heterocycles. The van der Waals surface area contributed by atoms with Crippen LogP contribution < -0.4 is 10.2 Å². The van der Waals surface area contributed by atoms with Crippen LogP contribution in [0.2, 0.25) is 0 Å². The second-order valence-electron chi connectivity index (χ2n) is 7.83. The van der Waals surface area contributed by atoms with Crippen molar-refractivity contribution in [2.24, 2.45) is 0 Å². The normalized spacial score (nSPS) is 16.6. The molecule has 0 unspecified atom stereocenters. The van der Waals surface area contributed by atoms with Gasteiger partial charge in [0, 0.05) is 17.8 Å². The number of anilines is 1. The highest BCUT2D eigenvalue weighted by Crippen LogP contribution is 2.19. The van der Waals surface area contributed by atoms with Gasteiger partial charge in [0.25, 0.3) is 11.6 Å². The van der Waals surface area contributed by atoms with E-state index in [-0.39, 0.29) is 16.5 Å². The third-order valence-corrected chi connectivity index (χ3v) is 7.71. The molecule has 0 radical (unpaired) electrons. The van der Waals surface area contributed by atoms with Crippen LogP contribution in [0.5, 0.6) is 0 Å². The van der Waals surface area contributed by atoms with Crippen molar-refractivity contribution in [2.45, 2.75) is 31.7 Å². The Morgan fingerprint density at radius 2 is 1.81 bits per heavy atom. The molecule has 0 spiro atoms. The van der Waals surface area contributed by atoms with Gasteiger partial charge in [0.1, 0.15) is 0 Å². The molecule has 2 aromatic carbocycles. The molecular weight excluding hydrogens is 420 g/mol. The molecule has 2 N–H and O–H groups in total. The van der Waals surface area contributed by atoms with Crippen molar-refractivity contribution < 1.29 is 23.0 Å². The van der Waals surface area contributed by atoms with Crippen LogP contribution >= 0.6 is 0 Å². The topological polar surface area (TPSA) is 114 Å². The van der Waals surface area contributed by atoms with Crippen LogP contribution in [0.1, 0.15) is 18.1 Å². The summed E-state index contributed by atoms with van der Waals surface area (Å²) in [6.07, 6.45) is 0. The number of piperazine rings is 1. The summed E-state index contributed by atoms with van der Waals surface area (Å²) in [7, 11) is -3.58. The summed E-state index contributed by atoms with van der Waals surface area (Å²) in [5, 5.41) is 13.6. The van der Waals surface area contributed by atoms with Gasteiger partial charge in [-0.25, -0.2) is 8.42 Å². The number of hydrogen-bond donors (Lipinski definition) is 2. The zero-order chi connectivity index (χ0) is 22.8. The van der Waals surface area contributed by atoms with E-state index in [1.165, 1.54) is 22.5 Å². The van der Waals surface area contributed by atoms with Crippen LogP contribution in [-0.4, -0.2) is 55.8 Å². The number of nitrogens with zero attached hydrogens (tertiary/aromatic N) is 2. The molecule has 1 aliphatic heterocycles. The summed E-state index contributed by atoms with van der Waals surface area (Å²) in [5.74, 6) is -0.263. The number of nitro benzene ring substituents is 1. The fourth-order valence-corrected chi connectivity index (χ4v) is 5.13. The molecule has 9 nitrogen and oxygen atoms in total. The van der Waals surface area contributed by atoms with Crippen LogP contribution in [0.3, 0.4) is 0 Å². The molecule has 3 rings (SSSR count). The second kappa shape index (κ2) is 9.13. The number of carbonyl (C=O) groups excluding carboxylic acids is 1. The Labute approximate surface area is 181 Å². The second-order valence-corrected chi connectivity index (χ2v) is 9.76. The van der Waals surface area contributed by atoms with Crippen molar-refractivity contribution in [1.82, 2.24) is 4.31 Å². The SMILES string of the molecule is Cc1ccc(S(=O)(=O)N2CC[NH+]([C@H](C)C(=O)Nc3cccc([N+](=O)[O-])c3)CC2)cc1C. The minimum Gasteiger partial charge on any atom is -0.323 e. The molecule has 0 aromatic heterocycles. The van der Waals surface area contributed by atoms with E-state index in [2.05, 4.69) is 5.32 Å². The third-order valence-electron chi connectivity index (χ3n) is 5.81. The first-order valence-electron chi connectivity index (χ1n) is 10.1. The number of aryl methyl sites for hydroxylation is 2. The van der Waals surface area contributed by atoms with Crippen molar-refractivity contribution in [3.05, 3.63) is 63.7 Å². The lowest BCUT2D eigenvalue weighted by Crippen LogP contribution is -3.19. The Bertz CT molecular complexity index is 1090. The number of rotatable bonds is 6. The highest BCUT2D eigenvalue weighted by molar-refractivity contribution is 7.89. The molecule has 1 fully saturated rings. The van der Waals surface area contributed by atoms with Crippen LogP contribution in [0, 0.1) is 24.0 Å². The molecule has 0 saturated carbocycles. The van der Waals surface area contributed by atoms with Crippen molar-refractivity contribution >= 4 is 27.3 Å². The van der Waals surface area contributed by atoms with E-state index in [0.717, 1.165) is 16.0 Å². The highest BCUT2D eigenvalue weighted by Gasteiger charge is 2.34. The Hall–Kier alpha value is -2.82. The Morgan fingerprint density at radius 3 is 2.42 bits per heavy atom. The largest absolute Gasteiger partial charge is 0.323 e. The van der Waals surface area contributed by atoms with Gasteiger partial charge in [-0.2, -0.15) is 4.31 Å². The van der Waals surface area contributed by atoms with Gasteiger partial charge < -0.3 is 10.2 Å². The zero-order valence-electron chi connectivity index (χ0n) is 17.8. The summed E-state index contributed by atoms with van der Waals surface area (Å²) in [6.45, 7) is 7.22. The number of amides is 1. The van der Waals surface area contributed by atoms with E-state index in [0.29, 0.717) is 31.9 Å². The molecule has 1 amide bonds. The predicted molar refractivity (Wildman–Crippen MR) is 117 cm³/mol. The number of nitrogens with one attached hydrogen (secondary N) is 2. The average molecular weight is 448 g/mol. The predicted octanol–water partition coefficient (Wildman–Crippen LogP) is 1.13. The Morgan fingerprint density at radius 1 is 1.13 bits per heavy atom. The van der Waals surface area contributed by atoms with Gasteiger partial charge in [-0.3, -0.25) is 14.9 Å². The van der Waals surface area contributed by atoms with Gasteiger partial charge in [0.15, 0.2) is 6.04 Å². The molecule has 10 heteroatoms. The maximum Gasteiger partial charge on any atom is 0.282 e. The molecule has 1 aliphatic rings. The molecule has 0 aliphatic carbocycles. The van der Waals surface area contributed by atoms with Crippen LogP contribution in [0.4, 0.5) is 11.4 Å². The fourth-order valence-electron chi connectivity index (χ4n) is 3.60. The lowest BCUT2D eigenvalue weighted by molar-refractivity contribution is -0.917. The zero-order valence-corrected chi connectivity index (χ0v) is 18.6. The minimum absolute atomic E-state index is 0.0945. The summed E-state index contributed by atoms with van der Waals surface area (Å²) in [5.41, 5.74) is 2.23. The Balaban J connectivity index is 1.62. The molecular formula is C21H27N4O5S+. The lowest BCUT2D eigenvalue weighted by Gasteiger charge is -2.34. The van der Waals surface area contributed by atoms with Crippen LogP contribution in [-0.2, 0) is 14.8 Å². The van der Waals surface area contributed by atoms with E-state index in [4.69, 9.17) is 0 Å². The maximum absolute atomic E-state index is 13.0. The smallest absolute Gasteiger partial charge is 0.282 e. The number of sulfonamides is 1. The van der Waals surface area contributed by atoms with Gasteiger partial charge in [-0.1, -0.05) is 12.1 Å². The van der Waals surface area contributed by atoms with Gasteiger partial charge in [-0.05, 0) is 50.1 Å². The lowest BCUT2D eigenvalue weighted by atomic mass is 10.1. The van der Waals surface area contributed by atoms with E-state index in [1.807, 2.05) is 19.9 Å². The molecule has 0 bridgehead atoms. The molecule has 166 valence electrons. The van der Waals surface area contributed by atoms with E-state index in [9.17, 15) is 23.3 Å². The van der Waals surface area contributed by atoms with Crippen molar-refractivity contribution in [2.75, 3.05) is 31.5 Å². The molecule has 1 saturated heterocycles. The standard InChI is InChI=1S/C21H26N4O5S/c1-15-7-8-20(13-16(15)2)31(29,30)24-11-9-23(10-12-24)17(3)21(26)22-18-5-4-6-19(14-18)25(27)28/h4-8,13-14,17H,9-12H2,1-3H3,(H,22,26)/p+1/t17-/m1/s1. The molecule has 2 aromatic rings. The maximum atomic E-state index is 13.0. The van der Waals surface area contributed by atoms with Gasteiger partial charge in [0.05, 0.1) is 36.0 Å². The van der Waals surface area contributed by atoms with Crippen molar-refractivity contribution in [1.29, 1.82) is 0 Å². The first-order valence-corrected chi connectivity index (χ1v) is 11.5. The molecule has 1 atom stereocenters. The van der Waals surface area contributed by atoms with E-state index >= 15 is 0 Å². The van der Waals surface area contributed by atoms with Gasteiger partial charge >= 0.3 is 0 Å². The minimum atomic E-state index is -3.58. The number of hydrogen-bond acceptors (Lipinski definition) is 5. The first kappa shape index (κ1) is 22.9. The summed E-state index contributed by atoms with van der Waals surface area (Å²) in [4.78, 5) is 24.3. The average Bonchev–Trinajstić information content (AvgIpc) is 2.75. The quantitative estimate of drug-likeness (QED) is 0.509. The van der Waals surface area contributed by atoms with Gasteiger partial charge in [-0.15, -0.1) is 0 Å². The Kier molecular flexibility index (Phi) is 6.73. The van der Waals surface area contributed by atoms with Crippen LogP contribution in [0.15, 0.2) is 47.4 Å². The summed E-state index contributed by atoms with van der Waals surface area (Å²) < 4.78 is 27.4. The molecule has 31 heavy (non-hydrogen) atoms. The first-order chi connectivity index (χ1) is 14.6. The number of quaternary nitrogens is 1. The number of carbonyl (C=O) groups is 1. The van der Waals surface area contributed by atoms with Crippen molar-refractivity contribution in [3.63, 3.8) is 0 Å². The monoisotopic (exact) mass is 447 g/mol. The van der Waals surface area contributed by atoms with E-state index < -0.39 is 21.0 Å². The van der Waals surface area contributed by atoms with Gasteiger partial charge in [0.2, 0.25) is 10.0 Å².